The number of hydrogen-bond donors (Lipinski definition) is 2. The minimum Gasteiger partial charge on any atom is -0.502 e. The van der Waals surface area contributed by atoms with Crippen molar-refractivity contribution in [3.8, 4) is 28.7 Å². The van der Waals surface area contributed by atoms with E-state index in [1.807, 2.05) is 0 Å². The van der Waals surface area contributed by atoms with Crippen molar-refractivity contribution in [1.29, 1.82) is 0 Å². The van der Waals surface area contributed by atoms with Gasteiger partial charge in [-0.05, 0) is 55.0 Å². The number of rotatable bonds is 8. The van der Waals surface area contributed by atoms with Crippen LogP contribution in [0.5, 0.6) is 23.0 Å². The van der Waals surface area contributed by atoms with Crippen LogP contribution in [0.25, 0.3) is 5.69 Å². The van der Waals surface area contributed by atoms with Crippen LogP contribution in [0.1, 0.15) is 22.8 Å². The number of carbonyl (C=O) groups excluding carboxylic acids is 1. The van der Waals surface area contributed by atoms with Gasteiger partial charge in [0.15, 0.2) is 28.9 Å². The van der Waals surface area contributed by atoms with Gasteiger partial charge >= 0.3 is 0 Å². The van der Waals surface area contributed by atoms with E-state index in [0.717, 1.165) is 6.07 Å². The molecule has 0 aliphatic rings. The van der Waals surface area contributed by atoms with Crippen molar-refractivity contribution in [2.75, 3.05) is 12.3 Å². The van der Waals surface area contributed by atoms with Gasteiger partial charge in [-0.1, -0.05) is 6.07 Å². The zero-order valence-corrected chi connectivity index (χ0v) is 19.1. The average Bonchev–Trinajstić information content (AvgIpc) is 2.84. The summed E-state index contributed by atoms with van der Waals surface area (Å²) in [7, 11) is 0. The monoisotopic (exact) mass is 493 g/mol. The molecule has 0 aliphatic heterocycles. The Morgan fingerprint density at radius 1 is 1.06 bits per heavy atom. The summed E-state index contributed by atoms with van der Waals surface area (Å²) in [6.45, 7) is 1.93. The standard InChI is InChI=1S/C26H21F2N3O5/c1-2-35-21-10-12-31(17-6-4-16(27)5-7-17)26(34)23(21)19(32)14-15-3-8-20(18(28)13-15)36-22-9-11-30-25(29)24(22)33/h3-13,33H,2,14H2,1H3,(H2,29,30). The van der Waals surface area contributed by atoms with E-state index < -0.39 is 28.7 Å². The molecule has 0 saturated carbocycles. The molecule has 2 aromatic carbocycles. The van der Waals surface area contributed by atoms with Crippen LogP contribution >= 0.6 is 0 Å². The molecule has 2 aromatic heterocycles. The normalized spacial score (nSPS) is 10.8. The van der Waals surface area contributed by atoms with E-state index in [1.165, 1.54) is 65.5 Å². The van der Waals surface area contributed by atoms with Gasteiger partial charge < -0.3 is 20.3 Å². The number of aromatic hydroxyl groups is 1. The van der Waals surface area contributed by atoms with E-state index in [2.05, 4.69) is 4.98 Å². The molecule has 10 heteroatoms. The molecule has 0 aliphatic carbocycles. The lowest BCUT2D eigenvalue weighted by Gasteiger charge is -2.13. The van der Waals surface area contributed by atoms with Crippen molar-refractivity contribution in [1.82, 2.24) is 9.55 Å². The van der Waals surface area contributed by atoms with Crippen LogP contribution in [0.2, 0.25) is 0 Å². The highest BCUT2D eigenvalue weighted by molar-refractivity contribution is 5.99. The Hall–Kier alpha value is -4.73. The smallest absolute Gasteiger partial charge is 0.269 e. The van der Waals surface area contributed by atoms with E-state index in [0.29, 0.717) is 5.69 Å². The number of Topliss-reactive ketones (excluding diaryl/α,β-unsaturated/α-hetero) is 1. The van der Waals surface area contributed by atoms with Gasteiger partial charge in [-0.15, -0.1) is 0 Å². The molecule has 0 atom stereocenters. The molecule has 0 amide bonds. The predicted molar refractivity (Wildman–Crippen MR) is 128 cm³/mol. The topological polar surface area (TPSA) is 117 Å². The Kier molecular flexibility index (Phi) is 6.95. The van der Waals surface area contributed by atoms with Crippen molar-refractivity contribution in [3.05, 3.63) is 100 Å². The van der Waals surface area contributed by atoms with Crippen molar-refractivity contribution in [3.63, 3.8) is 0 Å². The lowest BCUT2D eigenvalue weighted by Crippen LogP contribution is -2.27. The first-order valence-corrected chi connectivity index (χ1v) is 10.9. The third kappa shape index (κ3) is 5.02. The van der Waals surface area contributed by atoms with Crippen LogP contribution in [-0.2, 0) is 6.42 Å². The van der Waals surface area contributed by atoms with Gasteiger partial charge in [0.1, 0.15) is 17.1 Å². The van der Waals surface area contributed by atoms with Crippen LogP contribution < -0.4 is 20.8 Å². The first-order valence-electron chi connectivity index (χ1n) is 10.9. The fraction of sp³-hybridized carbons (Fsp3) is 0.115. The van der Waals surface area contributed by atoms with E-state index >= 15 is 0 Å². The van der Waals surface area contributed by atoms with Crippen molar-refractivity contribution >= 4 is 11.6 Å². The molecule has 0 fully saturated rings. The Balaban J connectivity index is 1.63. The number of nitrogens with zero attached hydrogens (tertiary/aromatic N) is 2. The molecule has 0 radical (unpaired) electrons. The molecular weight excluding hydrogens is 472 g/mol. The molecule has 0 spiro atoms. The van der Waals surface area contributed by atoms with Crippen molar-refractivity contribution < 1.29 is 28.2 Å². The number of hydrogen-bond acceptors (Lipinski definition) is 7. The van der Waals surface area contributed by atoms with Gasteiger partial charge in [-0.3, -0.25) is 14.2 Å². The van der Waals surface area contributed by atoms with Gasteiger partial charge in [0.2, 0.25) is 5.75 Å². The third-order valence-corrected chi connectivity index (χ3v) is 5.23. The molecule has 4 aromatic rings. The van der Waals surface area contributed by atoms with Crippen LogP contribution in [-0.4, -0.2) is 27.0 Å². The highest BCUT2D eigenvalue weighted by atomic mass is 19.1. The Morgan fingerprint density at radius 2 is 1.81 bits per heavy atom. The number of anilines is 1. The summed E-state index contributed by atoms with van der Waals surface area (Å²) in [5, 5.41) is 9.92. The zero-order chi connectivity index (χ0) is 25.8. The average molecular weight is 493 g/mol. The Bertz CT molecular complexity index is 1490. The fourth-order valence-electron chi connectivity index (χ4n) is 3.52. The number of pyridine rings is 2. The highest BCUT2D eigenvalue weighted by Gasteiger charge is 2.21. The van der Waals surface area contributed by atoms with Crippen LogP contribution in [0, 0.1) is 11.6 Å². The summed E-state index contributed by atoms with van der Waals surface area (Å²) in [4.78, 5) is 30.1. The molecule has 0 bridgehead atoms. The molecule has 3 N–H and O–H groups in total. The second-order valence-electron chi connectivity index (χ2n) is 7.65. The quantitative estimate of drug-likeness (QED) is 0.349. The van der Waals surface area contributed by atoms with Crippen LogP contribution in [0.3, 0.4) is 0 Å². The number of nitrogen functional groups attached to an aromatic ring is 1. The van der Waals surface area contributed by atoms with E-state index in [1.54, 1.807) is 6.92 Å². The van der Waals surface area contributed by atoms with Gasteiger partial charge in [0.25, 0.3) is 5.56 Å². The highest BCUT2D eigenvalue weighted by Crippen LogP contribution is 2.34. The number of halogens is 2. The van der Waals surface area contributed by atoms with Gasteiger partial charge in [0.05, 0.1) is 6.61 Å². The number of ketones is 1. The maximum Gasteiger partial charge on any atom is 0.269 e. The SMILES string of the molecule is CCOc1ccn(-c2ccc(F)cc2)c(=O)c1C(=O)Cc1ccc(Oc2ccnc(N)c2O)c(F)c1. The minimum absolute atomic E-state index is 0.0859. The van der Waals surface area contributed by atoms with Crippen molar-refractivity contribution in [2.45, 2.75) is 13.3 Å². The van der Waals surface area contributed by atoms with Gasteiger partial charge in [-0.2, -0.15) is 0 Å². The summed E-state index contributed by atoms with van der Waals surface area (Å²) in [5.74, 6) is -2.65. The molecular formula is C26H21F2N3O5. The maximum absolute atomic E-state index is 14.7. The van der Waals surface area contributed by atoms with E-state index in [-0.39, 0.29) is 47.2 Å². The summed E-state index contributed by atoms with van der Waals surface area (Å²) in [6.07, 6.45) is 2.43. The number of benzene rings is 2. The molecule has 4 rings (SSSR count). The summed E-state index contributed by atoms with van der Waals surface area (Å²) < 4.78 is 40.1. The van der Waals surface area contributed by atoms with Crippen LogP contribution in [0.4, 0.5) is 14.6 Å². The van der Waals surface area contributed by atoms with Crippen molar-refractivity contribution in [2.24, 2.45) is 0 Å². The summed E-state index contributed by atoms with van der Waals surface area (Å²) in [6, 6.07) is 11.9. The molecule has 2 heterocycles. The van der Waals surface area contributed by atoms with Gasteiger partial charge in [0, 0.05) is 30.6 Å². The van der Waals surface area contributed by atoms with Crippen LogP contribution in [0.15, 0.2) is 71.8 Å². The maximum atomic E-state index is 14.7. The summed E-state index contributed by atoms with van der Waals surface area (Å²) >= 11 is 0. The minimum atomic E-state index is -0.795. The number of ether oxygens (including phenoxy) is 2. The first kappa shape index (κ1) is 24.4. The fourth-order valence-corrected chi connectivity index (χ4v) is 3.52. The first-order chi connectivity index (χ1) is 17.3. The zero-order valence-electron chi connectivity index (χ0n) is 19.1. The molecule has 8 nitrogen and oxygen atoms in total. The third-order valence-electron chi connectivity index (χ3n) is 5.23. The lowest BCUT2D eigenvalue weighted by atomic mass is 10.0. The Morgan fingerprint density at radius 3 is 2.50 bits per heavy atom. The second kappa shape index (κ2) is 10.3. The molecule has 0 unspecified atom stereocenters. The number of nitrogens with two attached hydrogens (primary N) is 1. The number of aromatic nitrogens is 2. The number of carbonyl (C=O) groups is 1. The van der Waals surface area contributed by atoms with E-state index in [4.69, 9.17) is 15.2 Å². The largest absolute Gasteiger partial charge is 0.502 e. The van der Waals surface area contributed by atoms with Gasteiger partial charge in [-0.25, -0.2) is 13.8 Å². The summed E-state index contributed by atoms with van der Waals surface area (Å²) in [5.41, 5.74) is 5.31. The molecule has 184 valence electrons. The molecule has 0 saturated heterocycles. The Labute approximate surface area is 204 Å². The lowest BCUT2D eigenvalue weighted by molar-refractivity contribution is 0.0987. The predicted octanol–water partition coefficient (Wildman–Crippen LogP) is 4.41. The second-order valence-corrected chi connectivity index (χ2v) is 7.65. The molecule has 36 heavy (non-hydrogen) atoms. The van der Waals surface area contributed by atoms with E-state index in [9.17, 15) is 23.5 Å².